The van der Waals surface area contributed by atoms with Crippen molar-refractivity contribution in [3.63, 3.8) is 0 Å². The highest BCUT2D eigenvalue weighted by molar-refractivity contribution is 5.47. The molecule has 0 saturated carbocycles. The molecule has 2 aromatic heterocycles. The van der Waals surface area contributed by atoms with Crippen molar-refractivity contribution in [3.05, 3.63) is 29.0 Å². The van der Waals surface area contributed by atoms with Gasteiger partial charge in [0, 0.05) is 37.8 Å². The van der Waals surface area contributed by atoms with Crippen LogP contribution in [0, 0.1) is 13.8 Å². The summed E-state index contributed by atoms with van der Waals surface area (Å²) in [6, 6.07) is 0. The Kier molecular flexibility index (Phi) is 4.33. The van der Waals surface area contributed by atoms with Crippen molar-refractivity contribution >= 4 is 5.82 Å². The van der Waals surface area contributed by atoms with Crippen molar-refractivity contribution in [2.24, 2.45) is 0 Å². The van der Waals surface area contributed by atoms with Crippen molar-refractivity contribution in [2.45, 2.75) is 33.2 Å². The van der Waals surface area contributed by atoms with Crippen LogP contribution in [0.3, 0.4) is 0 Å². The molecule has 3 heterocycles. The second-order valence-corrected chi connectivity index (χ2v) is 5.90. The van der Waals surface area contributed by atoms with Crippen LogP contribution in [-0.2, 0) is 19.4 Å². The number of aromatic nitrogens is 5. The third-order valence-corrected chi connectivity index (χ3v) is 3.96. The Labute approximate surface area is 130 Å². The molecule has 0 radical (unpaired) electrons. The van der Waals surface area contributed by atoms with Gasteiger partial charge in [0.05, 0.1) is 17.9 Å². The number of aryl methyl sites for hydroxylation is 2. The molecule has 1 N–H and O–H groups in total. The summed E-state index contributed by atoms with van der Waals surface area (Å²) in [6.45, 7) is 7.57. The van der Waals surface area contributed by atoms with Crippen LogP contribution in [0.4, 0.5) is 5.82 Å². The fourth-order valence-corrected chi connectivity index (χ4v) is 2.77. The zero-order valence-electron chi connectivity index (χ0n) is 13.5. The molecule has 1 aliphatic heterocycles. The van der Waals surface area contributed by atoms with E-state index >= 15 is 0 Å². The van der Waals surface area contributed by atoms with Gasteiger partial charge < -0.3 is 10.2 Å². The molecule has 22 heavy (non-hydrogen) atoms. The third kappa shape index (κ3) is 3.41. The van der Waals surface area contributed by atoms with Crippen molar-refractivity contribution in [1.29, 1.82) is 0 Å². The lowest BCUT2D eigenvalue weighted by Gasteiger charge is -2.13. The van der Waals surface area contributed by atoms with Gasteiger partial charge in [-0.05, 0) is 27.3 Å². The predicted molar refractivity (Wildman–Crippen MR) is 84.9 cm³/mol. The lowest BCUT2D eigenvalue weighted by molar-refractivity contribution is 0.352. The summed E-state index contributed by atoms with van der Waals surface area (Å²) in [5.74, 6) is 1.82. The molecule has 0 saturated heterocycles. The highest BCUT2D eigenvalue weighted by Crippen LogP contribution is 2.21. The van der Waals surface area contributed by atoms with Crippen molar-refractivity contribution in [2.75, 3.05) is 32.0 Å². The van der Waals surface area contributed by atoms with E-state index in [0.717, 1.165) is 56.4 Å². The van der Waals surface area contributed by atoms with Crippen LogP contribution in [0.2, 0.25) is 0 Å². The average Bonchev–Trinajstić information content (AvgIpc) is 2.79. The monoisotopic (exact) mass is 301 g/mol. The summed E-state index contributed by atoms with van der Waals surface area (Å²) >= 11 is 0. The van der Waals surface area contributed by atoms with E-state index in [4.69, 9.17) is 0 Å². The first-order valence-electron chi connectivity index (χ1n) is 7.77. The molecular formula is C15H23N7. The maximum absolute atomic E-state index is 4.63. The van der Waals surface area contributed by atoms with Gasteiger partial charge in [-0.1, -0.05) is 5.21 Å². The van der Waals surface area contributed by atoms with Crippen LogP contribution < -0.4 is 5.32 Å². The minimum atomic E-state index is 0.776. The van der Waals surface area contributed by atoms with Gasteiger partial charge in [-0.25, -0.2) is 9.97 Å². The van der Waals surface area contributed by atoms with E-state index in [-0.39, 0.29) is 0 Å². The molecule has 0 amide bonds. The first-order chi connectivity index (χ1) is 10.6. The quantitative estimate of drug-likeness (QED) is 0.902. The summed E-state index contributed by atoms with van der Waals surface area (Å²) in [4.78, 5) is 11.6. The Morgan fingerprint density at radius 2 is 2.00 bits per heavy atom. The van der Waals surface area contributed by atoms with Gasteiger partial charge in [0.15, 0.2) is 0 Å². The Morgan fingerprint density at radius 1 is 1.18 bits per heavy atom. The third-order valence-electron chi connectivity index (χ3n) is 3.96. The average molecular weight is 301 g/mol. The molecule has 3 rings (SSSR count). The maximum Gasteiger partial charge on any atom is 0.133 e. The van der Waals surface area contributed by atoms with Crippen LogP contribution in [0.1, 0.15) is 22.8 Å². The SMILES string of the molecule is Cc1cn(CCNc2nc(C)nc3c2CCN(C)CC3)nn1. The highest BCUT2D eigenvalue weighted by Gasteiger charge is 2.17. The molecule has 0 bridgehead atoms. The number of likely N-dealkylation sites (N-methyl/N-ethyl adjacent to an activating group) is 1. The largest absolute Gasteiger partial charge is 0.368 e. The summed E-state index contributed by atoms with van der Waals surface area (Å²) in [5, 5.41) is 11.5. The topological polar surface area (TPSA) is 71.8 Å². The summed E-state index contributed by atoms with van der Waals surface area (Å²) in [7, 11) is 2.16. The second-order valence-electron chi connectivity index (χ2n) is 5.90. The summed E-state index contributed by atoms with van der Waals surface area (Å²) in [6.07, 6.45) is 3.94. The van der Waals surface area contributed by atoms with E-state index in [1.807, 2.05) is 24.7 Å². The highest BCUT2D eigenvalue weighted by atomic mass is 15.4. The molecule has 2 aromatic rings. The molecule has 0 spiro atoms. The first kappa shape index (κ1) is 14.9. The van der Waals surface area contributed by atoms with Gasteiger partial charge >= 0.3 is 0 Å². The number of nitrogens with zero attached hydrogens (tertiary/aromatic N) is 6. The number of anilines is 1. The van der Waals surface area contributed by atoms with Gasteiger partial charge in [-0.3, -0.25) is 4.68 Å². The minimum Gasteiger partial charge on any atom is -0.368 e. The van der Waals surface area contributed by atoms with Gasteiger partial charge in [-0.2, -0.15) is 0 Å². The summed E-state index contributed by atoms with van der Waals surface area (Å²) in [5.41, 5.74) is 3.40. The van der Waals surface area contributed by atoms with E-state index < -0.39 is 0 Å². The van der Waals surface area contributed by atoms with E-state index in [0.29, 0.717) is 0 Å². The van der Waals surface area contributed by atoms with Crippen molar-refractivity contribution < 1.29 is 0 Å². The van der Waals surface area contributed by atoms with Crippen LogP contribution in [0.5, 0.6) is 0 Å². The molecule has 0 fully saturated rings. The molecule has 0 aromatic carbocycles. The smallest absolute Gasteiger partial charge is 0.133 e. The Morgan fingerprint density at radius 3 is 2.77 bits per heavy atom. The molecule has 118 valence electrons. The lowest BCUT2D eigenvalue weighted by Crippen LogP contribution is -2.21. The van der Waals surface area contributed by atoms with E-state index in [1.54, 1.807) is 0 Å². The van der Waals surface area contributed by atoms with E-state index in [1.165, 1.54) is 11.3 Å². The molecule has 7 heteroatoms. The molecule has 0 unspecified atom stereocenters. The van der Waals surface area contributed by atoms with E-state index in [9.17, 15) is 0 Å². The predicted octanol–water partition coefficient (Wildman–Crippen LogP) is 0.827. The molecule has 0 aliphatic carbocycles. The number of nitrogens with one attached hydrogen (secondary N) is 1. The Balaban J connectivity index is 1.71. The van der Waals surface area contributed by atoms with Gasteiger partial charge in [-0.15, -0.1) is 5.10 Å². The van der Waals surface area contributed by atoms with Gasteiger partial charge in [0.25, 0.3) is 0 Å². The number of hydrogen-bond acceptors (Lipinski definition) is 6. The number of hydrogen-bond donors (Lipinski definition) is 1. The van der Waals surface area contributed by atoms with Crippen LogP contribution in [0.25, 0.3) is 0 Å². The van der Waals surface area contributed by atoms with E-state index in [2.05, 4.69) is 37.5 Å². The normalized spacial score (nSPS) is 15.4. The minimum absolute atomic E-state index is 0.776. The van der Waals surface area contributed by atoms with Gasteiger partial charge in [0.1, 0.15) is 11.6 Å². The zero-order chi connectivity index (χ0) is 15.5. The van der Waals surface area contributed by atoms with Crippen molar-refractivity contribution in [1.82, 2.24) is 29.9 Å². The molecular weight excluding hydrogens is 278 g/mol. The number of rotatable bonds is 4. The van der Waals surface area contributed by atoms with Crippen molar-refractivity contribution in [3.8, 4) is 0 Å². The molecule has 1 aliphatic rings. The first-order valence-corrected chi connectivity index (χ1v) is 7.77. The lowest BCUT2D eigenvalue weighted by atomic mass is 10.1. The fraction of sp³-hybridized carbons (Fsp3) is 0.600. The molecule has 7 nitrogen and oxygen atoms in total. The fourth-order valence-electron chi connectivity index (χ4n) is 2.77. The van der Waals surface area contributed by atoms with Crippen LogP contribution in [-0.4, -0.2) is 56.5 Å². The zero-order valence-corrected chi connectivity index (χ0v) is 13.5. The second kappa shape index (κ2) is 6.39. The van der Waals surface area contributed by atoms with Crippen LogP contribution in [0.15, 0.2) is 6.20 Å². The Bertz CT molecular complexity index is 649. The maximum atomic E-state index is 4.63. The number of fused-ring (bicyclic) bond motifs is 1. The van der Waals surface area contributed by atoms with Crippen LogP contribution >= 0.6 is 0 Å². The Hall–Kier alpha value is -2.02. The molecule has 0 atom stereocenters. The van der Waals surface area contributed by atoms with Gasteiger partial charge in [0.2, 0.25) is 0 Å². The summed E-state index contributed by atoms with van der Waals surface area (Å²) < 4.78 is 1.85. The standard InChI is InChI=1S/C15H23N7/c1-11-10-22(20-19-11)9-6-16-15-13-4-7-21(3)8-5-14(13)17-12(2)18-15/h10H,4-9H2,1-3H3,(H,16,17,18).